The van der Waals surface area contributed by atoms with E-state index < -0.39 is 0 Å². The third-order valence-electron chi connectivity index (χ3n) is 1.48. The highest BCUT2D eigenvalue weighted by molar-refractivity contribution is 5.54. The Morgan fingerprint density at radius 2 is 1.77 bits per heavy atom. The van der Waals surface area contributed by atoms with Crippen LogP contribution in [0.1, 0.15) is 0 Å². The van der Waals surface area contributed by atoms with Gasteiger partial charge in [-0.15, -0.1) is 0 Å². The second-order valence-corrected chi connectivity index (χ2v) is 2.14. The minimum Gasteiger partial charge on any atom is -1.00 e. The first kappa shape index (κ1) is 11.5. The lowest BCUT2D eigenvalue weighted by Gasteiger charge is -2.03. The fourth-order valence-corrected chi connectivity index (χ4v) is 0.887. The Hall–Kier alpha value is -1.47. The van der Waals surface area contributed by atoms with Gasteiger partial charge >= 0.3 is 5.69 Å². The number of ether oxygens (including phenoxy) is 2. The van der Waals surface area contributed by atoms with Gasteiger partial charge in [-0.1, -0.05) is 0 Å². The second-order valence-electron chi connectivity index (χ2n) is 2.14. The lowest BCUT2D eigenvalue weighted by atomic mass is 10.3. The van der Waals surface area contributed by atoms with Crippen molar-refractivity contribution in [3.8, 4) is 11.5 Å². The standard InChI is InChI=1S/C8H9N2O2.ClH/c1-11-7-4-3-6(10-9)5-8(7)12-2;/h3-5H,1-2H3;1H/q+1;/p-1. The SMILES string of the molecule is COc1ccc([N+]#N)cc1OC.[Cl-]. The Bertz CT molecular complexity index is 322. The fourth-order valence-electron chi connectivity index (χ4n) is 0.887. The highest BCUT2D eigenvalue weighted by atomic mass is 35.5. The minimum absolute atomic E-state index is 0. The van der Waals surface area contributed by atoms with Crippen LogP contribution in [0.2, 0.25) is 0 Å². The van der Waals surface area contributed by atoms with Crippen LogP contribution >= 0.6 is 0 Å². The van der Waals surface area contributed by atoms with Gasteiger partial charge in [0.05, 0.1) is 20.3 Å². The van der Waals surface area contributed by atoms with Gasteiger partial charge in [-0.05, 0) is 6.07 Å². The summed E-state index contributed by atoms with van der Waals surface area (Å²) in [6.45, 7) is 0. The van der Waals surface area contributed by atoms with E-state index in [1.54, 1.807) is 25.3 Å². The quantitative estimate of drug-likeness (QED) is 0.587. The number of rotatable bonds is 2. The number of nitrogens with zero attached hydrogens (tertiary/aromatic N) is 2. The fraction of sp³-hybridized carbons (Fsp3) is 0.250. The molecule has 5 heteroatoms. The summed E-state index contributed by atoms with van der Waals surface area (Å²) in [6.07, 6.45) is 0. The summed E-state index contributed by atoms with van der Waals surface area (Å²) in [5, 5.41) is 8.45. The van der Waals surface area contributed by atoms with Gasteiger partial charge in [0.15, 0.2) is 16.5 Å². The summed E-state index contributed by atoms with van der Waals surface area (Å²) in [4.78, 5) is 3.02. The van der Waals surface area contributed by atoms with Gasteiger partial charge in [0.25, 0.3) is 0 Å². The molecular formula is C8H9ClN2O2. The molecule has 0 unspecified atom stereocenters. The summed E-state index contributed by atoms with van der Waals surface area (Å²) < 4.78 is 9.97. The largest absolute Gasteiger partial charge is 1.00 e. The molecule has 1 aromatic carbocycles. The molecule has 0 bridgehead atoms. The van der Waals surface area contributed by atoms with Crippen molar-refractivity contribution in [3.63, 3.8) is 0 Å². The van der Waals surface area contributed by atoms with Gasteiger partial charge in [0, 0.05) is 6.07 Å². The first-order valence-electron chi connectivity index (χ1n) is 3.39. The molecule has 0 amide bonds. The molecule has 4 nitrogen and oxygen atoms in total. The zero-order chi connectivity index (χ0) is 8.97. The van der Waals surface area contributed by atoms with E-state index in [2.05, 4.69) is 4.98 Å². The molecule has 0 aliphatic heterocycles. The van der Waals surface area contributed by atoms with Crippen LogP contribution in [0.15, 0.2) is 18.2 Å². The molecule has 0 aromatic heterocycles. The van der Waals surface area contributed by atoms with Crippen molar-refractivity contribution >= 4 is 5.69 Å². The summed E-state index contributed by atoms with van der Waals surface area (Å²) in [5.74, 6) is 1.16. The summed E-state index contributed by atoms with van der Waals surface area (Å²) in [5.41, 5.74) is 0.438. The first-order valence-corrected chi connectivity index (χ1v) is 3.39. The van der Waals surface area contributed by atoms with E-state index in [1.165, 1.54) is 7.11 Å². The predicted octanol–water partition coefficient (Wildman–Crippen LogP) is -0.808. The van der Waals surface area contributed by atoms with E-state index in [-0.39, 0.29) is 12.4 Å². The highest BCUT2D eigenvalue weighted by Crippen LogP contribution is 2.30. The third kappa shape index (κ3) is 2.49. The van der Waals surface area contributed by atoms with Crippen LogP contribution in [-0.2, 0) is 0 Å². The topological polar surface area (TPSA) is 46.6 Å². The average molecular weight is 201 g/mol. The summed E-state index contributed by atoms with van der Waals surface area (Å²) >= 11 is 0. The molecule has 0 fully saturated rings. The van der Waals surface area contributed by atoms with Crippen LogP contribution < -0.4 is 21.9 Å². The monoisotopic (exact) mass is 200 g/mol. The van der Waals surface area contributed by atoms with Crippen LogP contribution in [0.5, 0.6) is 11.5 Å². The molecule has 0 atom stereocenters. The molecule has 0 aliphatic carbocycles. The van der Waals surface area contributed by atoms with Crippen LogP contribution in [0.3, 0.4) is 0 Å². The maximum atomic E-state index is 8.45. The maximum Gasteiger partial charge on any atom is 0.389 e. The zero-order valence-corrected chi connectivity index (χ0v) is 8.08. The average Bonchev–Trinajstić information content (AvgIpc) is 2.16. The van der Waals surface area contributed by atoms with E-state index in [9.17, 15) is 0 Å². The van der Waals surface area contributed by atoms with Crippen molar-refractivity contribution in [2.75, 3.05) is 14.2 Å². The van der Waals surface area contributed by atoms with Crippen molar-refractivity contribution < 1.29 is 21.9 Å². The molecule has 0 aliphatic rings. The molecule has 70 valence electrons. The molecule has 0 N–H and O–H groups in total. The van der Waals surface area contributed by atoms with Gasteiger partial charge in [0.1, 0.15) is 0 Å². The van der Waals surface area contributed by atoms with E-state index in [4.69, 9.17) is 14.9 Å². The van der Waals surface area contributed by atoms with Gasteiger partial charge in [0.2, 0.25) is 5.39 Å². The smallest absolute Gasteiger partial charge is 0.389 e. The Labute approximate surface area is 82.5 Å². The van der Waals surface area contributed by atoms with Gasteiger partial charge < -0.3 is 21.9 Å². The zero-order valence-electron chi connectivity index (χ0n) is 7.32. The number of hydrogen-bond donors (Lipinski definition) is 0. The number of methoxy groups -OCH3 is 2. The highest BCUT2D eigenvalue weighted by Gasteiger charge is 2.10. The van der Waals surface area contributed by atoms with E-state index in [1.807, 2.05) is 0 Å². The first-order chi connectivity index (χ1) is 5.81. The van der Waals surface area contributed by atoms with Gasteiger partial charge in [-0.3, -0.25) is 0 Å². The number of diazo groups is 1. The summed E-state index contributed by atoms with van der Waals surface area (Å²) in [6, 6.07) is 4.88. The molecular weight excluding hydrogens is 192 g/mol. The molecule has 0 saturated heterocycles. The van der Waals surface area contributed by atoms with Crippen molar-refractivity contribution in [1.29, 1.82) is 5.39 Å². The normalized spacial score (nSPS) is 8.08. The lowest BCUT2D eigenvalue weighted by molar-refractivity contribution is -0.00000324. The summed E-state index contributed by atoms with van der Waals surface area (Å²) in [7, 11) is 3.08. The Kier molecular flexibility index (Phi) is 4.63. The number of halogens is 1. The molecule has 0 heterocycles. The molecule has 0 spiro atoms. The molecule has 1 aromatic rings. The Morgan fingerprint density at radius 3 is 2.23 bits per heavy atom. The lowest BCUT2D eigenvalue weighted by Crippen LogP contribution is -3.00. The van der Waals surface area contributed by atoms with Crippen molar-refractivity contribution in [2.45, 2.75) is 0 Å². The van der Waals surface area contributed by atoms with Crippen LogP contribution in [0.25, 0.3) is 4.98 Å². The van der Waals surface area contributed by atoms with E-state index in [0.29, 0.717) is 17.2 Å². The van der Waals surface area contributed by atoms with Crippen LogP contribution in [0, 0.1) is 5.39 Å². The van der Waals surface area contributed by atoms with Crippen molar-refractivity contribution in [2.24, 2.45) is 0 Å². The number of benzene rings is 1. The third-order valence-corrected chi connectivity index (χ3v) is 1.48. The molecule has 0 saturated carbocycles. The predicted molar refractivity (Wildman–Crippen MR) is 44.3 cm³/mol. The second kappa shape index (κ2) is 5.22. The van der Waals surface area contributed by atoms with Gasteiger partial charge in [-0.2, -0.15) is 0 Å². The van der Waals surface area contributed by atoms with E-state index in [0.717, 1.165) is 0 Å². The van der Waals surface area contributed by atoms with Crippen LogP contribution in [-0.4, -0.2) is 14.2 Å². The van der Waals surface area contributed by atoms with Crippen molar-refractivity contribution in [1.82, 2.24) is 0 Å². The molecule has 1 rings (SSSR count). The van der Waals surface area contributed by atoms with Crippen LogP contribution in [0.4, 0.5) is 5.69 Å². The van der Waals surface area contributed by atoms with Gasteiger partial charge in [-0.25, -0.2) is 0 Å². The maximum absolute atomic E-state index is 8.45. The Morgan fingerprint density at radius 1 is 1.15 bits per heavy atom. The molecule has 0 radical (unpaired) electrons. The number of hydrogen-bond acceptors (Lipinski definition) is 3. The Balaban J connectivity index is 0.00000144. The van der Waals surface area contributed by atoms with Crippen molar-refractivity contribution in [3.05, 3.63) is 23.2 Å². The van der Waals surface area contributed by atoms with E-state index >= 15 is 0 Å². The molecule has 13 heavy (non-hydrogen) atoms. The minimum atomic E-state index is 0.